The van der Waals surface area contributed by atoms with Crippen molar-refractivity contribution >= 4 is 40.9 Å². The van der Waals surface area contributed by atoms with E-state index in [0.717, 1.165) is 10.5 Å². The predicted molar refractivity (Wildman–Crippen MR) is 97.2 cm³/mol. The quantitative estimate of drug-likeness (QED) is 0.817. The van der Waals surface area contributed by atoms with Gasteiger partial charge < -0.3 is 14.8 Å². The van der Waals surface area contributed by atoms with Gasteiger partial charge in [0.05, 0.1) is 28.0 Å². The highest BCUT2D eigenvalue weighted by atomic mass is 35.5. The molecular formula is C18H16ClNO4S. The maximum Gasteiger partial charge on any atom is 0.303 e. The molecule has 0 aromatic heterocycles. The first-order valence-electron chi connectivity index (χ1n) is 7.57. The average molecular weight is 378 g/mol. The Hall–Kier alpha value is -2.18. The zero-order valence-electron chi connectivity index (χ0n) is 13.6. The summed E-state index contributed by atoms with van der Waals surface area (Å²) in [5.41, 5.74) is 1.44. The third kappa shape index (κ3) is 3.75. The number of carbonyl (C=O) groups is 2. The Balaban J connectivity index is 2.06. The Labute approximate surface area is 154 Å². The number of thioether (sulfide) groups is 1. The number of halogens is 1. The Morgan fingerprint density at radius 2 is 1.92 bits per heavy atom. The van der Waals surface area contributed by atoms with Gasteiger partial charge in [-0.15, -0.1) is 11.8 Å². The maximum absolute atomic E-state index is 12.7. The van der Waals surface area contributed by atoms with E-state index < -0.39 is 17.3 Å². The van der Waals surface area contributed by atoms with Crippen molar-refractivity contribution in [2.24, 2.45) is 0 Å². The van der Waals surface area contributed by atoms with Crippen molar-refractivity contribution in [2.75, 3.05) is 12.4 Å². The van der Waals surface area contributed by atoms with Crippen LogP contribution in [-0.2, 0) is 14.3 Å². The van der Waals surface area contributed by atoms with E-state index in [0.29, 0.717) is 16.5 Å². The highest BCUT2D eigenvalue weighted by molar-refractivity contribution is 8.00. The lowest BCUT2D eigenvalue weighted by Crippen LogP contribution is -2.34. The summed E-state index contributed by atoms with van der Waals surface area (Å²) in [6, 6.07) is 12.6. The summed E-state index contributed by atoms with van der Waals surface area (Å²) in [6.45, 7) is 1.29. The van der Waals surface area contributed by atoms with Crippen LogP contribution in [0.5, 0.6) is 5.75 Å². The smallest absolute Gasteiger partial charge is 0.303 e. The normalized spacial score (nSPS) is 19.4. The van der Waals surface area contributed by atoms with E-state index in [1.54, 1.807) is 37.4 Å². The molecule has 7 heteroatoms. The van der Waals surface area contributed by atoms with Crippen molar-refractivity contribution in [1.29, 1.82) is 0 Å². The number of hydrogen-bond donors (Lipinski definition) is 1. The van der Waals surface area contributed by atoms with Gasteiger partial charge in [-0.2, -0.15) is 0 Å². The minimum atomic E-state index is -0.973. The van der Waals surface area contributed by atoms with Crippen molar-refractivity contribution in [2.45, 2.75) is 23.2 Å². The highest BCUT2D eigenvalue weighted by Crippen LogP contribution is 2.47. The zero-order valence-corrected chi connectivity index (χ0v) is 15.2. The zero-order chi connectivity index (χ0) is 18.0. The number of amides is 1. The predicted octanol–water partition coefficient (Wildman–Crippen LogP) is 4.07. The van der Waals surface area contributed by atoms with Crippen LogP contribution in [-0.4, -0.2) is 25.1 Å². The third-order valence-electron chi connectivity index (χ3n) is 3.74. The van der Waals surface area contributed by atoms with Crippen molar-refractivity contribution < 1.29 is 19.1 Å². The molecule has 0 saturated carbocycles. The number of hydrogen-bond acceptors (Lipinski definition) is 5. The highest BCUT2D eigenvalue weighted by Gasteiger charge is 2.37. The van der Waals surface area contributed by atoms with E-state index >= 15 is 0 Å². The Kier molecular flexibility index (Phi) is 5.20. The number of methoxy groups -OCH3 is 1. The van der Waals surface area contributed by atoms with Crippen LogP contribution < -0.4 is 10.1 Å². The molecule has 2 atom stereocenters. The standard InChI is InChI=1S/C18H16ClNO4S/c1-10(21)24-15-16(11-6-8-12(23-2)9-7-11)25-17-13(19)4-3-5-14(17)20-18(15)22/h3-9,15-16H,1-2H3,(H,20,22)/t15-,16+/m0/s1. The van der Waals surface area contributed by atoms with Gasteiger partial charge in [-0.1, -0.05) is 29.8 Å². The van der Waals surface area contributed by atoms with Crippen LogP contribution in [0.2, 0.25) is 5.02 Å². The lowest BCUT2D eigenvalue weighted by molar-refractivity contribution is -0.152. The molecule has 25 heavy (non-hydrogen) atoms. The lowest BCUT2D eigenvalue weighted by atomic mass is 10.1. The summed E-state index contributed by atoms with van der Waals surface area (Å²) in [5, 5.41) is 2.89. The molecule has 1 N–H and O–H groups in total. The summed E-state index contributed by atoms with van der Waals surface area (Å²) < 4.78 is 10.5. The molecule has 1 aliphatic rings. The molecule has 0 fully saturated rings. The van der Waals surface area contributed by atoms with Gasteiger partial charge in [0.15, 0.2) is 6.10 Å². The van der Waals surface area contributed by atoms with E-state index in [4.69, 9.17) is 21.1 Å². The summed E-state index contributed by atoms with van der Waals surface area (Å²) in [6.07, 6.45) is -0.973. The van der Waals surface area contributed by atoms with Crippen LogP contribution >= 0.6 is 23.4 Å². The van der Waals surface area contributed by atoms with Gasteiger partial charge in [-0.3, -0.25) is 9.59 Å². The number of nitrogens with one attached hydrogen (secondary N) is 1. The summed E-state index contributed by atoms with van der Waals surface area (Å²) in [7, 11) is 1.58. The molecule has 0 saturated heterocycles. The molecule has 5 nitrogen and oxygen atoms in total. The SMILES string of the molecule is COc1ccc([C@H]2Sc3c(Cl)cccc3NC(=O)[C@H]2OC(C)=O)cc1. The average Bonchev–Trinajstić information content (AvgIpc) is 2.73. The minimum absolute atomic E-state index is 0.385. The van der Waals surface area contributed by atoms with Crippen LogP contribution in [0.15, 0.2) is 47.4 Å². The van der Waals surface area contributed by atoms with Gasteiger partial charge >= 0.3 is 5.97 Å². The van der Waals surface area contributed by atoms with E-state index in [1.807, 2.05) is 12.1 Å². The van der Waals surface area contributed by atoms with Crippen LogP contribution in [0.1, 0.15) is 17.7 Å². The van der Waals surface area contributed by atoms with Crippen LogP contribution in [0, 0.1) is 0 Å². The lowest BCUT2D eigenvalue weighted by Gasteiger charge is -2.23. The number of ether oxygens (including phenoxy) is 2. The first kappa shape index (κ1) is 17.6. The molecular weight excluding hydrogens is 362 g/mol. The molecule has 130 valence electrons. The second-order valence-corrected chi connectivity index (χ2v) is 7.01. The molecule has 0 unspecified atom stereocenters. The van der Waals surface area contributed by atoms with Crippen LogP contribution in [0.25, 0.3) is 0 Å². The van der Waals surface area contributed by atoms with Gasteiger partial charge in [0.25, 0.3) is 5.91 Å². The number of fused-ring (bicyclic) bond motifs is 1. The molecule has 1 aliphatic heterocycles. The molecule has 1 heterocycles. The molecule has 0 bridgehead atoms. The second-order valence-electron chi connectivity index (χ2n) is 5.45. The molecule has 0 spiro atoms. The Morgan fingerprint density at radius 1 is 1.20 bits per heavy atom. The Bertz CT molecular complexity index is 809. The molecule has 1 amide bonds. The van der Waals surface area contributed by atoms with Gasteiger partial charge in [-0.25, -0.2) is 0 Å². The van der Waals surface area contributed by atoms with E-state index in [-0.39, 0.29) is 5.91 Å². The fraction of sp³-hybridized carbons (Fsp3) is 0.222. The van der Waals surface area contributed by atoms with Gasteiger partial charge in [-0.05, 0) is 29.8 Å². The van der Waals surface area contributed by atoms with Gasteiger partial charge in [0, 0.05) is 6.92 Å². The van der Waals surface area contributed by atoms with Gasteiger partial charge in [0.1, 0.15) is 5.75 Å². The minimum Gasteiger partial charge on any atom is -0.497 e. The number of esters is 1. The van der Waals surface area contributed by atoms with E-state index in [1.165, 1.54) is 18.7 Å². The second kappa shape index (κ2) is 7.37. The molecule has 3 rings (SSSR count). The summed E-state index contributed by atoms with van der Waals surface area (Å²) in [5.74, 6) is -0.199. The van der Waals surface area contributed by atoms with Crippen LogP contribution in [0.3, 0.4) is 0 Å². The van der Waals surface area contributed by atoms with E-state index in [2.05, 4.69) is 5.32 Å². The van der Waals surface area contributed by atoms with Crippen molar-refractivity contribution in [3.8, 4) is 5.75 Å². The molecule has 0 aliphatic carbocycles. The van der Waals surface area contributed by atoms with Crippen molar-refractivity contribution in [1.82, 2.24) is 0 Å². The third-order valence-corrected chi connectivity index (χ3v) is 5.62. The molecule has 2 aromatic rings. The number of anilines is 1. The first-order valence-corrected chi connectivity index (χ1v) is 8.82. The molecule has 2 aromatic carbocycles. The van der Waals surface area contributed by atoms with Crippen molar-refractivity contribution in [3.63, 3.8) is 0 Å². The monoisotopic (exact) mass is 377 g/mol. The largest absolute Gasteiger partial charge is 0.497 e. The van der Waals surface area contributed by atoms with Gasteiger partial charge in [0.2, 0.25) is 0 Å². The number of carbonyl (C=O) groups excluding carboxylic acids is 2. The van der Waals surface area contributed by atoms with E-state index in [9.17, 15) is 9.59 Å². The number of benzene rings is 2. The summed E-state index contributed by atoms with van der Waals surface area (Å²) in [4.78, 5) is 24.9. The number of rotatable bonds is 3. The topological polar surface area (TPSA) is 64.6 Å². The summed E-state index contributed by atoms with van der Waals surface area (Å²) >= 11 is 7.71. The van der Waals surface area contributed by atoms with Crippen LogP contribution in [0.4, 0.5) is 5.69 Å². The fourth-order valence-corrected chi connectivity index (χ4v) is 4.17. The maximum atomic E-state index is 12.7. The Morgan fingerprint density at radius 3 is 2.56 bits per heavy atom. The first-order chi connectivity index (χ1) is 12.0. The fourth-order valence-electron chi connectivity index (χ4n) is 2.59. The van der Waals surface area contributed by atoms with Crippen molar-refractivity contribution in [3.05, 3.63) is 53.1 Å². The molecule has 0 radical (unpaired) electrons.